The Hall–Kier alpha value is -2.74. The molecule has 26 heavy (non-hydrogen) atoms. The maximum atomic E-state index is 11.4. The fraction of sp³-hybridized carbons (Fsp3) is 0.263. The summed E-state index contributed by atoms with van der Waals surface area (Å²) < 4.78 is 7.70. The molecule has 1 fully saturated rings. The van der Waals surface area contributed by atoms with Gasteiger partial charge in [-0.25, -0.2) is 0 Å². The molecule has 1 saturated heterocycles. The molecule has 7 heteroatoms. The summed E-state index contributed by atoms with van der Waals surface area (Å²) >= 11 is 0. The topological polar surface area (TPSA) is 97.8 Å². The quantitative estimate of drug-likeness (QED) is 0.555. The standard InChI is InChI=1S/C19H18N2O5/c22-11-18-17(23)10-19(26-18)20-14-7-4-8-15(21(24)25)13(14)9-16(20)12-5-2-1-3-6-12/h1-9,17-19,22-23H,10-11H2/t17-,18+,19+/m0/s1. The predicted octanol–water partition coefficient (Wildman–Crippen LogP) is 2.86. The van der Waals surface area contributed by atoms with Gasteiger partial charge in [0.25, 0.3) is 5.69 Å². The molecule has 134 valence electrons. The number of aromatic nitrogens is 1. The number of hydrogen-bond acceptors (Lipinski definition) is 5. The highest BCUT2D eigenvalue weighted by Crippen LogP contribution is 2.40. The molecule has 2 N–H and O–H groups in total. The van der Waals surface area contributed by atoms with Crippen LogP contribution in [0.4, 0.5) is 5.69 Å². The summed E-state index contributed by atoms with van der Waals surface area (Å²) in [5, 5.41) is 31.5. The Morgan fingerprint density at radius 1 is 1.19 bits per heavy atom. The van der Waals surface area contributed by atoms with Crippen LogP contribution in [0.3, 0.4) is 0 Å². The summed E-state index contributed by atoms with van der Waals surface area (Å²) in [5.41, 5.74) is 2.35. The van der Waals surface area contributed by atoms with Crippen molar-refractivity contribution >= 4 is 16.6 Å². The number of aliphatic hydroxyl groups is 2. The van der Waals surface area contributed by atoms with Gasteiger partial charge in [-0.05, 0) is 17.7 Å². The van der Waals surface area contributed by atoms with Gasteiger partial charge in [-0.2, -0.15) is 0 Å². The summed E-state index contributed by atoms with van der Waals surface area (Å²) in [6, 6.07) is 16.2. The van der Waals surface area contributed by atoms with E-state index in [-0.39, 0.29) is 12.3 Å². The van der Waals surface area contributed by atoms with Gasteiger partial charge in [0.05, 0.1) is 34.2 Å². The summed E-state index contributed by atoms with van der Waals surface area (Å²) in [6.07, 6.45) is -1.67. The molecular formula is C19H18N2O5. The molecule has 0 amide bonds. The van der Waals surface area contributed by atoms with Gasteiger partial charge in [0.15, 0.2) is 0 Å². The van der Waals surface area contributed by atoms with Crippen LogP contribution >= 0.6 is 0 Å². The molecule has 1 aliphatic heterocycles. The van der Waals surface area contributed by atoms with Crippen molar-refractivity contribution < 1.29 is 19.9 Å². The molecule has 3 atom stereocenters. The molecule has 0 aliphatic carbocycles. The van der Waals surface area contributed by atoms with Crippen LogP contribution in [0.25, 0.3) is 22.2 Å². The third-order valence-electron chi connectivity index (χ3n) is 4.80. The normalized spacial score (nSPS) is 22.8. The fourth-order valence-electron chi connectivity index (χ4n) is 3.57. The van der Waals surface area contributed by atoms with Crippen LogP contribution in [0.5, 0.6) is 0 Å². The molecule has 0 saturated carbocycles. The lowest BCUT2D eigenvalue weighted by Gasteiger charge is -2.18. The summed E-state index contributed by atoms with van der Waals surface area (Å²) in [5.74, 6) is 0. The zero-order chi connectivity index (χ0) is 18.3. The SMILES string of the molecule is O=[N+]([O-])c1cccc2c1cc(-c1ccccc1)n2[C@H]1C[C@H](O)[C@@H](CO)O1. The minimum Gasteiger partial charge on any atom is -0.394 e. The lowest BCUT2D eigenvalue weighted by molar-refractivity contribution is -0.383. The first kappa shape index (κ1) is 16.7. The number of benzene rings is 2. The third-order valence-corrected chi connectivity index (χ3v) is 4.80. The minimum absolute atomic E-state index is 0.0238. The number of non-ortho nitro benzene ring substituents is 1. The maximum absolute atomic E-state index is 11.4. The molecule has 0 unspecified atom stereocenters. The van der Waals surface area contributed by atoms with E-state index in [0.29, 0.717) is 17.3 Å². The predicted molar refractivity (Wildman–Crippen MR) is 95.6 cm³/mol. The van der Waals surface area contributed by atoms with E-state index in [1.807, 2.05) is 34.9 Å². The van der Waals surface area contributed by atoms with Crippen LogP contribution < -0.4 is 0 Å². The molecular weight excluding hydrogens is 336 g/mol. The first-order valence-electron chi connectivity index (χ1n) is 8.38. The van der Waals surface area contributed by atoms with E-state index >= 15 is 0 Å². The average molecular weight is 354 g/mol. The molecule has 1 aliphatic rings. The minimum atomic E-state index is -0.787. The Balaban J connectivity index is 1.95. The second-order valence-corrected chi connectivity index (χ2v) is 6.35. The first-order valence-corrected chi connectivity index (χ1v) is 8.38. The number of aliphatic hydroxyl groups excluding tert-OH is 2. The van der Waals surface area contributed by atoms with E-state index in [2.05, 4.69) is 0 Å². The highest BCUT2D eigenvalue weighted by atomic mass is 16.6. The summed E-state index contributed by atoms with van der Waals surface area (Å²) in [7, 11) is 0. The van der Waals surface area contributed by atoms with Gasteiger partial charge in [-0.1, -0.05) is 36.4 Å². The van der Waals surface area contributed by atoms with Crippen LogP contribution in [0.15, 0.2) is 54.6 Å². The van der Waals surface area contributed by atoms with Gasteiger partial charge in [-0.15, -0.1) is 0 Å². The first-order chi connectivity index (χ1) is 12.6. The molecule has 2 heterocycles. The Bertz CT molecular complexity index is 953. The van der Waals surface area contributed by atoms with E-state index < -0.39 is 23.4 Å². The lowest BCUT2D eigenvalue weighted by Crippen LogP contribution is -2.24. The fourth-order valence-corrected chi connectivity index (χ4v) is 3.57. The largest absolute Gasteiger partial charge is 0.394 e. The molecule has 7 nitrogen and oxygen atoms in total. The van der Waals surface area contributed by atoms with Crippen molar-refractivity contribution in [3.05, 3.63) is 64.7 Å². The smallest absolute Gasteiger partial charge is 0.278 e. The van der Waals surface area contributed by atoms with Crippen LogP contribution in [0.2, 0.25) is 0 Å². The van der Waals surface area contributed by atoms with E-state index in [4.69, 9.17) is 4.74 Å². The second-order valence-electron chi connectivity index (χ2n) is 6.35. The van der Waals surface area contributed by atoms with Gasteiger partial charge in [0.2, 0.25) is 0 Å². The van der Waals surface area contributed by atoms with E-state index in [1.165, 1.54) is 6.07 Å². The summed E-state index contributed by atoms with van der Waals surface area (Å²) in [4.78, 5) is 11.0. The number of ether oxygens (including phenoxy) is 1. The Kier molecular flexibility index (Phi) is 4.20. The van der Waals surface area contributed by atoms with Crippen LogP contribution in [-0.4, -0.2) is 38.5 Å². The molecule has 4 rings (SSSR count). The van der Waals surface area contributed by atoms with Gasteiger partial charge in [0, 0.05) is 12.5 Å². The average Bonchev–Trinajstić information content (AvgIpc) is 3.22. The molecule has 0 spiro atoms. The number of nitro groups is 1. The molecule has 2 aromatic carbocycles. The van der Waals surface area contributed by atoms with Crippen molar-refractivity contribution in [2.45, 2.75) is 24.9 Å². The van der Waals surface area contributed by atoms with Crippen molar-refractivity contribution in [1.29, 1.82) is 0 Å². The van der Waals surface area contributed by atoms with Crippen molar-refractivity contribution in [1.82, 2.24) is 4.57 Å². The van der Waals surface area contributed by atoms with Crippen LogP contribution in [0, 0.1) is 10.1 Å². The number of nitro benzene ring substituents is 1. The van der Waals surface area contributed by atoms with E-state index in [9.17, 15) is 20.3 Å². The lowest BCUT2D eigenvalue weighted by atomic mass is 10.1. The van der Waals surface area contributed by atoms with Gasteiger partial charge in [0.1, 0.15) is 12.3 Å². The van der Waals surface area contributed by atoms with Gasteiger partial charge in [-0.3, -0.25) is 10.1 Å². The maximum Gasteiger partial charge on any atom is 0.278 e. The van der Waals surface area contributed by atoms with Crippen molar-refractivity contribution in [3.63, 3.8) is 0 Å². The van der Waals surface area contributed by atoms with Crippen LogP contribution in [0.1, 0.15) is 12.6 Å². The van der Waals surface area contributed by atoms with E-state index in [1.54, 1.807) is 18.2 Å². The highest BCUT2D eigenvalue weighted by molar-refractivity contribution is 5.94. The Labute approximate surface area is 149 Å². The van der Waals surface area contributed by atoms with Gasteiger partial charge >= 0.3 is 0 Å². The monoisotopic (exact) mass is 354 g/mol. The molecule has 0 radical (unpaired) electrons. The highest BCUT2D eigenvalue weighted by Gasteiger charge is 2.36. The van der Waals surface area contributed by atoms with E-state index in [0.717, 1.165) is 11.3 Å². The third kappa shape index (κ3) is 2.66. The molecule has 1 aromatic heterocycles. The molecule has 3 aromatic rings. The van der Waals surface area contributed by atoms with Gasteiger partial charge < -0.3 is 19.5 Å². The molecule has 0 bridgehead atoms. The number of hydrogen-bond donors (Lipinski definition) is 2. The van der Waals surface area contributed by atoms with Crippen molar-refractivity contribution in [2.75, 3.05) is 6.61 Å². The Morgan fingerprint density at radius 3 is 2.62 bits per heavy atom. The summed E-state index contributed by atoms with van der Waals surface area (Å²) in [6.45, 7) is -0.280. The second kappa shape index (κ2) is 6.53. The van der Waals surface area contributed by atoms with Crippen molar-refractivity contribution in [2.24, 2.45) is 0 Å². The number of fused-ring (bicyclic) bond motifs is 1. The van der Waals surface area contributed by atoms with Crippen molar-refractivity contribution in [3.8, 4) is 11.3 Å². The van der Waals surface area contributed by atoms with Crippen LogP contribution in [-0.2, 0) is 4.74 Å². The zero-order valence-electron chi connectivity index (χ0n) is 13.9. The zero-order valence-corrected chi connectivity index (χ0v) is 13.9. The number of rotatable bonds is 4. The number of nitrogens with zero attached hydrogens (tertiary/aromatic N) is 2. The Morgan fingerprint density at radius 2 is 1.96 bits per heavy atom.